The first-order chi connectivity index (χ1) is 12.6. The fourth-order valence-electron chi connectivity index (χ4n) is 3.74. The first kappa shape index (κ1) is 19.0. The lowest BCUT2D eigenvalue weighted by Gasteiger charge is -2.19. The van der Waals surface area contributed by atoms with Gasteiger partial charge in [-0.25, -0.2) is 0 Å². The van der Waals surface area contributed by atoms with Gasteiger partial charge in [-0.2, -0.15) is 0 Å². The highest BCUT2D eigenvalue weighted by atomic mass is 35.5. The Balaban J connectivity index is 1.41. The predicted molar refractivity (Wildman–Crippen MR) is 104 cm³/mol. The molecule has 0 aromatic heterocycles. The molecule has 1 aromatic rings. The van der Waals surface area contributed by atoms with Crippen LogP contribution in [0.1, 0.15) is 44.1 Å². The van der Waals surface area contributed by atoms with Gasteiger partial charge in [0.1, 0.15) is 0 Å². The molecule has 3 rings (SSSR count). The van der Waals surface area contributed by atoms with Crippen LogP contribution in [0.5, 0.6) is 0 Å². The third-order valence-corrected chi connectivity index (χ3v) is 5.51. The summed E-state index contributed by atoms with van der Waals surface area (Å²) in [7, 11) is 0. The molecule has 1 atom stereocenters. The third-order valence-electron chi connectivity index (χ3n) is 5.28. The number of likely N-dealkylation sites (tertiary alicyclic amines) is 1. The van der Waals surface area contributed by atoms with Crippen molar-refractivity contribution in [1.29, 1.82) is 0 Å². The standard InChI is InChI=1S/C21H27ClN2O2/c22-19-8-4-7-17(13-19)9-11-23-21(26)18-14-20(25)24(15-18)12-10-16-5-2-1-3-6-16/h4-5,7-8,13,18H,1-3,6,9-12,14-15H2,(H,23,26). The predicted octanol–water partition coefficient (Wildman–Crippen LogP) is 3.74. The van der Waals surface area contributed by atoms with E-state index in [-0.39, 0.29) is 17.7 Å². The molecule has 5 heteroatoms. The summed E-state index contributed by atoms with van der Waals surface area (Å²) >= 11 is 5.97. The Morgan fingerprint density at radius 2 is 2.15 bits per heavy atom. The molecule has 1 unspecified atom stereocenters. The van der Waals surface area contributed by atoms with E-state index in [1.54, 1.807) is 0 Å². The van der Waals surface area contributed by atoms with Gasteiger partial charge in [0.05, 0.1) is 5.92 Å². The minimum absolute atomic E-state index is 0.0141. The van der Waals surface area contributed by atoms with E-state index in [1.165, 1.54) is 24.8 Å². The van der Waals surface area contributed by atoms with Crippen molar-refractivity contribution < 1.29 is 9.59 Å². The van der Waals surface area contributed by atoms with Crippen LogP contribution in [0.25, 0.3) is 0 Å². The highest BCUT2D eigenvalue weighted by molar-refractivity contribution is 6.30. The molecule has 4 nitrogen and oxygen atoms in total. The Bertz CT molecular complexity index is 686. The zero-order valence-electron chi connectivity index (χ0n) is 15.2. The third kappa shape index (κ3) is 5.34. The molecule has 0 bridgehead atoms. The highest BCUT2D eigenvalue weighted by Gasteiger charge is 2.33. The smallest absolute Gasteiger partial charge is 0.225 e. The number of benzene rings is 1. The van der Waals surface area contributed by atoms with Gasteiger partial charge in [0.15, 0.2) is 0 Å². The highest BCUT2D eigenvalue weighted by Crippen LogP contribution is 2.23. The summed E-state index contributed by atoms with van der Waals surface area (Å²) < 4.78 is 0. The van der Waals surface area contributed by atoms with Crippen molar-refractivity contribution in [3.63, 3.8) is 0 Å². The van der Waals surface area contributed by atoms with Crippen LogP contribution in [0, 0.1) is 5.92 Å². The molecular formula is C21H27ClN2O2. The van der Waals surface area contributed by atoms with E-state index in [0.717, 1.165) is 31.4 Å². The second kappa shape index (κ2) is 9.22. The number of allylic oxidation sites excluding steroid dienone is 1. The van der Waals surface area contributed by atoms with E-state index in [1.807, 2.05) is 29.2 Å². The van der Waals surface area contributed by atoms with Gasteiger partial charge < -0.3 is 10.2 Å². The summed E-state index contributed by atoms with van der Waals surface area (Å²) in [6, 6.07) is 7.66. The van der Waals surface area contributed by atoms with Crippen LogP contribution in [-0.2, 0) is 16.0 Å². The van der Waals surface area contributed by atoms with Crippen LogP contribution in [0.3, 0.4) is 0 Å². The topological polar surface area (TPSA) is 49.4 Å². The van der Waals surface area contributed by atoms with Gasteiger partial charge in [-0.15, -0.1) is 0 Å². The van der Waals surface area contributed by atoms with E-state index in [0.29, 0.717) is 24.5 Å². The molecule has 2 amide bonds. The normalized spacial score (nSPS) is 20.2. The molecule has 0 spiro atoms. The van der Waals surface area contributed by atoms with E-state index in [9.17, 15) is 9.59 Å². The SMILES string of the molecule is O=C(NCCc1cccc(Cl)c1)C1CC(=O)N(CCC2=CCCCC2)C1. The number of amides is 2. The van der Waals surface area contributed by atoms with E-state index >= 15 is 0 Å². The molecule has 26 heavy (non-hydrogen) atoms. The van der Waals surface area contributed by atoms with Crippen molar-refractivity contribution in [2.24, 2.45) is 5.92 Å². The van der Waals surface area contributed by atoms with Crippen molar-refractivity contribution in [3.05, 3.63) is 46.5 Å². The minimum Gasteiger partial charge on any atom is -0.355 e. The first-order valence-corrected chi connectivity index (χ1v) is 9.97. The molecule has 1 N–H and O–H groups in total. The van der Waals surface area contributed by atoms with Gasteiger partial charge in [-0.05, 0) is 56.2 Å². The number of nitrogens with zero attached hydrogens (tertiary/aromatic N) is 1. The van der Waals surface area contributed by atoms with Crippen LogP contribution < -0.4 is 5.32 Å². The van der Waals surface area contributed by atoms with Gasteiger partial charge in [0.25, 0.3) is 0 Å². The Hall–Kier alpha value is -1.81. The van der Waals surface area contributed by atoms with Gasteiger partial charge >= 0.3 is 0 Å². The number of carbonyl (C=O) groups is 2. The molecular weight excluding hydrogens is 348 g/mol. The van der Waals surface area contributed by atoms with Crippen LogP contribution in [0.15, 0.2) is 35.9 Å². The number of hydrogen-bond acceptors (Lipinski definition) is 2. The molecule has 140 valence electrons. The van der Waals surface area contributed by atoms with Crippen molar-refractivity contribution in [3.8, 4) is 0 Å². The summed E-state index contributed by atoms with van der Waals surface area (Å²) in [6.45, 7) is 1.86. The monoisotopic (exact) mass is 374 g/mol. The van der Waals surface area contributed by atoms with Crippen LogP contribution in [0.4, 0.5) is 0 Å². The van der Waals surface area contributed by atoms with Gasteiger partial charge in [-0.1, -0.05) is 35.4 Å². The summed E-state index contributed by atoms with van der Waals surface area (Å²) in [5.41, 5.74) is 2.57. The fourth-order valence-corrected chi connectivity index (χ4v) is 3.95. The average Bonchev–Trinajstić information content (AvgIpc) is 3.02. The fraction of sp³-hybridized carbons (Fsp3) is 0.524. The quantitative estimate of drug-likeness (QED) is 0.739. The number of nitrogens with one attached hydrogen (secondary N) is 1. The molecule has 1 heterocycles. The van der Waals surface area contributed by atoms with Crippen molar-refractivity contribution in [2.45, 2.75) is 44.9 Å². The number of halogens is 1. The average molecular weight is 375 g/mol. The Kier molecular flexibility index (Phi) is 6.73. The molecule has 0 radical (unpaired) electrons. The van der Waals surface area contributed by atoms with E-state index < -0.39 is 0 Å². The summed E-state index contributed by atoms with van der Waals surface area (Å²) in [5, 5.41) is 3.67. The Labute approximate surface area is 160 Å². The maximum Gasteiger partial charge on any atom is 0.225 e. The number of hydrogen-bond donors (Lipinski definition) is 1. The summed E-state index contributed by atoms with van der Waals surface area (Å²) in [5.74, 6) is -0.127. The van der Waals surface area contributed by atoms with Crippen LogP contribution in [0.2, 0.25) is 5.02 Å². The lowest BCUT2D eigenvalue weighted by molar-refractivity contribution is -0.129. The Morgan fingerprint density at radius 1 is 1.27 bits per heavy atom. The molecule has 1 aliphatic heterocycles. The maximum absolute atomic E-state index is 12.4. The van der Waals surface area contributed by atoms with Crippen LogP contribution >= 0.6 is 11.6 Å². The van der Waals surface area contributed by atoms with Gasteiger partial charge in [0.2, 0.25) is 11.8 Å². The second-order valence-electron chi connectivity index (χ2n) is 7.27. The second-order valence-corrected chi connectivity index (χ2v) is 7.71. The maximum atomic E-state index is 12.4. The zero-order valence-corrected chi connectivity index (χ0v) is 15.9. The molecule has 0 saturated carbocycles. The number of carbonyl (C=O) groups excluding carboxylic acids is 2. The molecule has 1 saturated heterocycles. The lowest BCUT2D eigenvalue weighted by atomic mass is 9.97. The lowest BCUT2D eigenvalue weighted by Crippen LogP contribution is -2.34. The molecule has 2 aliphatic rings. The van der Waals surface area contributed by atoms with Gasteiger partial charge in [0, 0.05) is 31.1 Å². The molecule has 1 aliphatic carbocycles. The van der Waals surface area contributed by atoms with Crippen molar-refractivity contribution >= 4 is 23.4 Å². The van der Waals surface area contributed by atoms with Crippen molar-refractivity contribution in [2.75, 3.05) is 19.6 Å². The van der Waals surface area contributed by atoms with E-state index in [2.05, 4.69) is 11.4 Å². The minimum atomic E-state index is -0.220. The largest absolute Gasteiger partial charge is 0.355 e. The summed E-state index contributed by atoms with van der Waals surface area (Å²) in [4.78, 5) is 26.4. The molecule has 1 aromatic carbocycles. The number of rotatable bonds is 7. The van der Waals surface area contributed by atoms with Crippen molar-refractivity contribution in [1.82, 2.24) is 10.2 Å². The zero-order chi connectivity index (χ0) is 18.4. The molecule has 1 fully saturated rings. The van der Waals surface area contributed by atoms with Crippen LogP contribution in [-0.4, -0.2) is 36.3 Å². The first-order valence-electron chi connectivity index (χ1n) is 9.59. The van der Waals surface area contributed by atoms with E-state index in [4.69, 9.17) is 11.6 Å². The van der Waals surface area contributed by atoms with Gasteiger partial charge in [-0.3, -0.25) is 9.59 Å². The summed E-state index contributed by atoms with van der Waals surface area (Å²) in [6.07, 6.45) is 9.23. The Morgan fingerprint density at radius 3 is 2.92 bits per heavy atom.